The largest absolute Gasteiger partial charge is 0.472 e. The van der Waals surface area contributed by atoms with Gasteiger partial charge in [-0.3, -0.25) is 18.6 Å². The van der Waals surface area contributed by atoms with Crippen LogP contribution in [0.1, 0.15) is 123 Å². The summed E-state index contributed by atoms with van der Waals surface area (Å²) >= 11 is 0. The molecule has 0 radical (unpaired) electrons. The van der Waals surface area contributed by atoms with E-state index in [2.05, 4.69) is 86.8 Å². The van der Waals surface area contributed by atoms with Gasteiger partial charge in [0.1, 0.15) is 43.2 Å². The van der Waals surface area contributed by atoms with Crippen molar-refractivity contribution in [3.8, 4) is 0 Å². The summed E-state index contributed by atoms with van der Waals surface area (Å²) in [5, 5.41) is 60.4. The van der Waals surface area contributed by atoms with E-state index in [9.17, 15) is 49.7 Å². The molecule has 1 aliphatic rings. The molecule has 0 aromatic heterocycles. The molecule has 0 bridgehead atoms. The third-order valence-electron chi connectivity index (χ3n) is 9.70. The molecule has 7 N–H and O–H groups in total. The number of allylic oxidation sites excluding steroid dienone is 16. The molecule has 1 saturated carbocycles. The number of phosphoric acid groups is 1. The van der Waals surface area contributed by atoms with Gasteiger partial charge in [-0.1, -0.05) is 142 Å². The van der Waals surface area contributed by atoms with E-state index in [4.69, 9.17) is 18.5 Å². The lowest BCUT2D eigenvalue weighted by Gasteiger charge is -2.41. The molecule has 0 heterocycles. The number of hydrogen-bond acceptors (Lipinski definition) is 13. The number of hydrogen-bond donors (Lipinski definition) is 7. The van der Waals surface area contributed by atoms with E-state index in [0.29, 0.717) is 12.8 Å². The van der Waals surface area contributed by atoms with E-state index in [-0.39, 0.29) is 19.3 Å². The maximum atomic E-state index is 12.8. The third-order valence-corrected chi connectivity index (χ3v) is 10.7. The SMILES string of the molecule is CC/C=C\C/C=C\C/C=C\C/C=C\C=C/C(O)C/C=C\CCC(=O)O[C@H](COC(=O)CCCCCCC/C=C\C/C=C\C/C=C\CC)COP(=O)(O)OC1[C@H](O)[C@H](O)C(O)[C@H](O)[C@H]1O. The van der Waals surface area contributed by atoms with Crippen molar-refractivity contribution < 1.29 is 68.2 Å². The quantitative estimate of drug-likeness (QED) is 0.0106. The van der Waals surface area contributed by atoms with Crippen LogP contribution < -0.4 is 0 Å². The van der Waals surface area contributed by atoms with Crippen molar-refractivity contribution in [2.75, 3.05) is 13.2 Å². The molecular weight excluding hydrogens is 843 g/mol. The molecule has 0 amide bonds. The van der Waals surface area contributed by atoms with Gasteiger partial charge in [0, 0.05) is 12.8 Å². The lowest BCUT2D eigenvalue weighted by molar-refractivity contribution is -0.220. The minimum atomic E-state index is -5.18. The van der Waals surface area contributed by atoms with Crippen molar-refractivity contribution in [2.24, 2.45) is 0 Å². The zero-order chi connectivity index (χ0) is 47.3. The normalized spacial score (nSPS) is 23.1. The van der Waals surface area contributed by atoms with E-state index in [1.807, 2.05) is 12.2 Å². The zero-order valence-corrected chi connectivity index (χ0v) is 38.8. The summed E-state index contributed by atoms with van der Waals surface area (Å²) in [5.41, 5.74) is 0. The van der Waals surface area contributed by atoms with Crippen molar-refractivity contribution in [2.45, 2.75) is 172 Å². The lowest BCUT2D eigenvalue weighted by Crippen LogP contribution is -2.64. The predicted octanol–water partition coefficient (Wildman–Crippen LogP) is 7.80. The summed E-state index contributed by atoms with van der Waals surface area (Å²) in [6, 6.07) is 0. The molecular formula is C49H77O14P. The Kier molecular flexibility index (Phi) is 34.4. The first-order valence-electron chi connectivity index (χ1n) is 22.8. The molecule has 0 spiro atoms. The standard InChI is InChI=1S/C49H77O14P/c1-3-5-7-9-11-13-15-17-18-20-22-24-26-28-32-36-42(51)60-38-41(39-61-64(58,59)63-49-47(56)45(54)44(53)46(55)48(49)57)62-43(52)37-33-29-31-35-40(50)34-30-27-25-23-21-19-16-14-12-10-8-6-4-2/h5-8,11-14,17-19,21,25,27,29-31,34,40-41,44-50,53-57H,3-4,9-10,15-16,20,22-24,26,28,32-33,35-39H2,1-2H3,(H,58,59)/b7-5-,8-6-,13-11-,14-12-,18-17-,21-19-,27-25-,31-29-,34-30-/t40?,41-,44?,45-,46+,47-,48-,49?/m1/s1. The highest BCUT2D eigenvalue weighted by atomic mass is 31.2. The lowest BCUT2D eigenvalue weighted by atomic mass is 9.85. The van der Waals surface area contributed by atoms with E-state index in [1.165, 1.54) is 0 Å². The highest BCUT2D eigenvalue weighted by Crippen LogP contribution is 2.47. The topological polar surface area (TPSA) is 230 Å². The second-order valence-corrected chi connectivity index (χ2v) is 16.7. The second-order valence-electron chi connectivity index (χ2n) is 15.3. The Morgan fingerprint density at radius 2 is 1.06 bits per heavy atom. The van der Waals surface area contributed by atoms with Crippen molar-refractivity contribution in [1.82, 2.24) is 0 Å². The van der Waals surface area contributed by atoms with Crippen LogP contribution in [0.3, 0.4) is 0 Å². The zero-order valence-electron chi connectivity index (χ0n) is 37.9. The van der Waals surface area contributed by atoms with Crippen molar-refractivity contribution >= 4 is 19.8 Å². The highest BCUT2D eigenvalue weighted by molar-refractivity contribution is 7.47. The molecule has 14 nitrogen and oxygen atoms in total. The van der Waals surface area contributed by atoms with Crippen LogP contribution >= 0.6 is 7.82 Å². The van der Waals surface area contributed by atoms with E-state index >= 15 is 0 Å². The first kappa shape index (κ1) is 58.5. The molecule has 15 heteroatoms. The smallest absolute Gasteiger partial charge is 0.462 e. The number of carbonyl (C=O) groups excluding carboxylic acids is 2. The number of unbranched alkanes of at least 4 members (excludes halogenated alkanes) is 5. The van der Waals surface area contributed by atoms with Crippen LogP contribution in [0.15, 0.2) is 109 Å². The van der Waals surface area contributed by atoms with E-state index < -0.39 is 81.8 Å². The Hall–Kier alpha value is -3.53. The Morgan fingerprint density at radius 1 is 0.562 bits per heavy atom. The van der Waals surface area contributed by atoms with E-state index in [1.54, 1.807) is 24.3 Å². The van der Waals surface area contributed by atoms with Crippen LogP contribution in [0.5, 0.6) is 0 Å². The van der Waals surface area contributed by atoms with Crippen LogP contribution in [0.2, 0.25) is 0 Å². The maximum Gasteiger partial charge on any atom is 0.472 e. The molecule has 362 valence electrons. The number of phosphoric ester groups is 1. The molecule has 9 atom stereocenters. The Bertz CT molecular complexity index is 1550. The molecule has 4 unspecified atom stereocenters. The van der Waals surface area contributed by atoms with Gasteiger partial charge < -0.3 is 45.0 Å². The van der Waals surface area contributed by atoms with Gasteiger partial charge in [0.25, 0.3) is 0 Å². The van der Waals surface area contributed by atoms with Gasteiger partial charge in [-0.15, -0.1) is 0 Å². The molecule has 0 aliphatic heterocycles. The number of carbonyl (C=O) groups is 2. The van der Waals surface area contributed by atoms with Crippen LogP contribution in [-0.2, 0) is 32.7 Å². The summed E-state index contributed by atoms with van der Waals surface area (Å²) in [4.78, 5) is 35.7. The van der Waals surface area contributed by atoms with Gasteiger partial charge in [0.05, 0.1) is 12.7 Å². The number of aliphatic hydroxyl groups excluding tert-OH is 6. The fraction of sp³-hybridized carbons (Fsp3) is 0.592. The number of ether oxygens (including phenoxy) is 2. The fourth-order valence-electron chi connectivity index (χ4n) is 6.06. The Morgan fingerprint density at radius 3 is 1.66 bits per heavy atom. The van der Waals surface area contributed by atoms with Gasteiger partial charge in [-0.25, -0.2) is 4.57 Å². The minimum absolute atomic E-state index is 0.103. The molecule has 64 heavy (non-hydrogen) atoms. The maximum absolute atomic E-state index is 12.8. The second kappa shape index (κ2) is 37.7. The Balaban J connectivity index is 2.59. The minimum Gasteiger partial charge on any atom is -0.462 e. The fourth-order valence-corrected chi connectivity index (χ4v) is 7.03. The average molecular weight is 921 g/mol. The van der Waals surface area contributed by atoms with Crippen LogP contribution in [0.25, 0.3) is 0 Å². The monoisotopic (exact) mass is 921 g/mol. The molecule has 1 aliphatic carbocycles. The molecule has 1 rings (SSSR count). The van der Waals surface area contributed by atoms with Crippen LogP contribution in [0, 0.1) is 0 Å². The van der Waals surface area contributed by atoms with E-state index in [0.717, 1.165) is 77.0 Å². The summed E-state index contributed by atoms with van der Waals surface area (Å²) in [5.74, 6) is -1.31. The van der Waals surface area contributed by atoms with Crippen molar-refractivity contribution in [1.29, 1.82) is 0 Å². The van der Waals surface area contributed by atoms with Gasteiger partial charge in [-0.2, -0.15) is 0 Å². The van der Waals surface area contributed by atoms with Crippen LogP contribution in [-0.4, -0.2) is 110 Å². The van der Waals surface area contributed by atoms with Gasteiger partial charge in [0.2, 0.25) is 0 Å². The highest BCUT2D eigenvalue weighted by Gasteiger charge is 2.51. The number of rotatable bonds is 35. The first-order chi connectivity index (χ1) is 30.8. The van der Waals surface area contributed by atoms with Gasteiger partial charge in [-0.05, 0) is 77.0 Å². The summed E-state index contributed by atoms with van der Waals surface area (Å²) in [7, 11) is -5.18. The summed E-state index contributed by atoms with van der Waals surface area (Å²) in [6.45, 7) is 2.89. The van der Waals surface area contributed by atoms with Crippen molar-refractivity contribution in [3.05, 3.63) is 109 Å². The molecule has 1 fully saturated rings. The predicted molar refractivity (Wildman–Crippen MR) is 250 cm³/mol. The third kappa shape index (κ3) is 29.8. The van der Waals surface area contributed by atoms with Gasteiger partial charge >= 0.3 is 19.8 Å². The molecule has 0 saturated heterocycles. The summed E-state index contributed by atoms with van der Waals surface area (Å²) < 4.78 is 33.3. The summed E-state index contributed by atoms with van der Waals surface area (Å²) in [6.07, 6.45) is 34.5. The van der Waals surface area contributed by atoms with Gasteiger partial charge in [0.15, 0.2) is 6.10 Å². The molecule has 0 aromatic rings. The Labute approximate surface area is 381 Å². The van der Waals surface area contributed by atoms with Crippen LogP contribution in [0.4, 0.5) is 0 Å². The average Bonchev–Trinajstić information content (AvgIpc) is 3.27. The van der Waals surface area contributed by atoms with Crippen molar-refractivity contribution in [3.63, 3.8) is 0 Å². The number of esters is 2. The number of aliphatic hydroxyl groups is 6. The molecule has 0 aromatic carbocycles. The first-order valence-corrected chi connectivity index (χ1v) is 24.3.